The van der Waals surface area contributed by atoms with E-state index in [1.165, 1.54) is 10.9 Å². The van der Waals surface area contributed by atoms with Crippen molar-refractivity contribution in [1.29, 1.82) is 0 Å². The van der Waals surface area contributed by atoms with Crippen molar-refractivity contribution in [3.63, 3.8) is 0 Å². The number of aliphatic hydroxyl groups is 1. The lowest BCUT2D eigenvalue weighted by atomic mass is 10.1. The summed E-state index contributed by atoms with van der Waals surface area (Å²) in [5, 5.41) is 9.83. The highest BCUT2D eigenvalue weighted by atomic mass is 16.5. The van der Waals surface area contributed by atoms with Crippen molar-refractivity contribution in [3.05, 3.63) is 36.0 Å². The van der Waals surface area contributed by atoms with Gasteiger partial charge >= 0.3 is 0 Å². The van der Waals surface area contributed by atoms with Crippen molar-refractivity contribution in [1.82, 2.24) is 4.57 Å². The average Bonchev–Trinajstić information content (AvgIpc) is 2.78. The van der Waals surface area contributed by atoms with Crippen LogP contribution in [-0.4, -0.2) is 29.5 Å². The first-order valence-electron chi connectivity index (χ1n) is 5.82. The SMILES string of the molecule is NCc1cccc2ccn(CCOCCO)c12. The van der Waals surface area contributed by atoms with E-state index in [-0.39, 0.29) is 6.61 Å². The summed E-state index contributed by atoms with van der Waals surface area (Å²) in [5.41, 5.74) is 8.07. The van der Waals surface area contributed by atoms with Crippen LogP contribution in [0.3, 0.4) is 0 Å². The van der Waals surface area contributed by atoms with Gasteiger partial charge in [-0.25, -0.2) is 0 Å². The Balaban J connectivity index is 2.16. The highest BCUT2D eigenvalue weighted by Crippen LogP contribution is 2.19. The minimum absolute atomic E-state index is 0.0699. The van der Waals surface area contributed by atoms with Crippen LogP contribution in [-0.2, 0) is 17.8 Å². The van der Waals surface area contributed by atoms with Crippen molar-refractivity contribution in [2.75, 3.05) is 19.8 Å². The fraction of sp³-hybridized carbons (Fsp3) is 0.385. The monoisotopic (exact) mass is 234 g/mol. The van der Waals surface area contributed by atoms with Gasteiger partial charge in [0.25, 0.3) is 0 Å². The van der Waals surface area contributed by atoms with Gasteiger partial charge in [-0.2, -0.15) is 0 Å². The zero-order valence-electron chi connectivity index (χ0n) is 9.80. The molecule has 0 fully saturated rings. The van der Waals surface area contributed by atoms with Crippen LogP contribution in [0.15, 0.2) is 30.5 Å². The molecule has 0 atom stereocenters. The number of aliphatic hydroxyl groups excluding tert-OH is 1. The molecule has 3 N–H and O–H groups in total. The van der Waals surface area contributed by atoms with E-state index in [0.29, 0.717) is 19.8 Å². The van der Waals surface area contributed by atoms with Crippen molar-refractivity contribution in [3.8, 4) is 0 Å². The number of para-hydroxylation sites is 1. The number of fused-ring (bicyclic) bond motifs is 1. The molecule has 0 amide bonds. The van der Waals surface area contributed by atoms with Crippen LogP contribution < -0.4 is 5.73 Å². The smallest absolute Gasteiger partial charge is 0.0698 e. The first-order valence-corrected chi connectivity index (χ1v) is 5.82. The average molecular weight is 234 g/mol. The van der Waals surface area contributed by atoms with E-state index in [1.54, 1.807) is 0 Å². The van der Waals surface area contributed by atoms with E-state index in [9.17, 15) is 0 Å². The molecule has 0 unspecified atom stereocenters. The van der Waals surface area contributed by atoms with Gasteiger partial charge in [0.2, 0.25) is 0 Å². The molecular formula is C13H18N2O2. The first kappa shape index (κ1) is 12.1. The minimum Gasteiger partial charge on any atom is -0.394 e. The first-order chi connectivity index (χ1) is 8.36. The standard InChI is InChI=1S/C13H18N2O2/c14-10-12-3-1-2-11-4-5-15(13(11)12)6-8-17-9-7-16/h1-5,16H,6-10,14H2. The normalized spacial score (nSPS) is 11.2. The van der Waals surface area contributed by atoms with Gasteiger partial charge in [-0.1, -0.05) is 18.2 Å². The molecule has 0 aliphatic rings. The quantitative estimate of drug-likeness (QED) is 0.736. The van der Waals surface area contributed by atoms with Crippen LogP contribution in [0.1, 0.15) is 5.56 Å². The third-order valence-electron chi connectivity index (χ3n) is 2.80. The topological polar surface area (TPSA) is 60.4 Å². The van der Waals surface area contributed by atoms with E-state index in [0.717, 1.165) is 12.1 Å². The molecule has 1 heterocycles. The molecule has 0 radical (unpaired) electrons. The van der Waals surface area contributed by atoms with Gasteiger partial charge in [0.1, 0.15) is 0 Å². The summed E-state index contributed by atoms with van der Waals surface area (Å²) in [6.07, 6.45) is 2.05. The number of hydrogen-bond donors (Lipinski definition) is 2. The van der Waals surface area contributed by atoms with Gasteiger partial charge in [0.15, 0.2) is 0 Å². The molecule has 0 spiro atoms. The summed E-state index contributed by atoms with van der Waals surface area (Å²) < 4.78 is 7.42. The summed E-state index contributed by atoms with van der Waals surface area (Å²) in [6.45, 7) is 2.38. The van der Waals surface area contributed by atoms with Gasteiger partial charge in [-0.15, -0.1) is 0 Å². The van der Waals surface area contributed by atoms with Gasteiger partial charge in [-0.05, 0) is 17.0 Å². The number of nitrogens with two attached hydrogens (primary N) is 1. The maximum absolute atomic E-state index is 8.63. The summed E-state index contributed by atoms with van der Waals surface area (Å²) >= 11 is 0. The second kappa shape index (κ2) is 5.82. The van der Waals surface area contributed by atoms with E-state index in [1.807, 2.05) is 18.3 Å². The van der Waals surface area contributed by atoms with Gasteiger partial charge in [-0.3, -0.25) is 0 Å². The largest absolute Gasteiger partial charge is 0.394 e. The summed E-state index contributed by atoms with van der Waals surface area (Å²) in [5.74, 6) is 0. The number of rotatable bonds is 6. The van der Waals surface area contributed by atoms with Gasteiger partial charge in [0, 0.05) is 19.3 Å². The number of benzene rings is 1. The second-order valence-electron chi connectivity index (χ2n) is 3.90. The molecule has 0 aliphatic carbocycles. The Morgan fingerprint density at radius 2 is 2.12 bits per heavy atom. The summed E-state index contributed by atoms with van der Waals surface area (Å²) in [4.78, 5) is 0. The Bertz CT molecular complexity index is 479. The van der Waals surface area contributed by atoms with Crippen LogP contribution in [0, 0.1) is 0 Å². The van der Waals surface area contributed by atoms with Crippen molar-refractivity contribution in [2.24, 2.45) is 5.73 Å². The molecule has 2 rings (SSSR count). The number of nitrogens with zero attached hydrogens (tertiary/aromatic N) is 1. The molecular weight excluding hydrogens is 216 g/mol. The molecule has 0 bridgehead atoms. The third kappa shape index (κ3) is 2.66. The maximum atomic E-state index is 8.63. The molecule has 2 aromatic rings. The molecule has 1 aromatic carbocycles. The Morgan fingerprint density at radius 1 is 1.24 bits per heavy atom. The minimum atomic E-state index is 0.0699. The Labute approximate surface area is 101 Å². The van der Waals surface area contributed by atoms with E-state index < -0.39 is 0 Å². The lowest BCUT2D eigenvalue weighted by molar-refractivity contribution is 0.0875. The molecule has 4 nitrogen and oxygen atoms in total. The maximum Gasteiger partial charge on any atom is 0.0698 e. The Morgan fingerprint density at radius 3 is 2.88 bits per heavy atom. The molecule has 1 aromatic heterocycles. The van der Waals surface area contributed by atoms with Crippen LogP contribution >= 0.6 is 0 Å². The number of hydrogen-bond acceptors (Lipinski definition) is 3. The molecule has 92 valence electrons. The molecule has 4 heteroatoms. The van der Waals surface area contributed by atoms with E-state index in [4.69, 9.17) is 15.6 Å². The fourth-order valence-corrected chi connectivity index (χ4v) is 2.02. The van der Waals surface area contributed by atoms with Crippen LogP contribution in [0.5, 0.6) is 0 Å². The number of ether oxygens (including phenoxy) is 1. The highest BCUT2D eigenvalue weighted by Gasteiger charge is 2.04. The predicted octanol–water partition coefficient (Wildman–Crippen LogP) is 1.11. The van der Waals surface area contributed by atoms with Crippen LogP contribution in [0.25, 0.3) is 10.9 Å². The van der Waals surface area contributed by atoms with E-state index in [2.05, 4.69) is 16.7 Å². The van der Waals surface area contributed by atoms with Crippen molar-refractivity contribution >= 4 is 10.9 Å². The Kier molecular flexibility index (Phi) is 4.14. The predicted molar refractivity (Wildman–Crippen MR) is 67.7 cm³/mol. The lowest BCUT2D eigenvalue weighted by Crippen LogP contribution is -2.09. The summed E-state index contributed by atoms with van der Waals surface area (Å²) in [6, 6.07) is 8.24. The molecule has 0 saturated heterocycles. The lowest BCUT2D eigenvalue weighted by Gasteiger charge is -2.09. The van der Waals surface area contributed by atoms with E-state index >= 15 is 0 Å². The van der Waals surface area contributed by atoms with Gasteiger partial charge in [0.05, 0.1) is 25.3 Å². The molecule has 0 aliphatic heterocycles. The number of aromatic nitrogens is 1. The van der Waals surface area contributed by atoms with Crippen LogP contribution in [0.2, 0.25) is 0 Å². The zero-order chi connectivity index (χ0) is 12.1. The molecule has 17 heavy (non-hydrogen) atoms. The van der Waals surface area contributed by atoms with Gasteiger partial charge < -0.3 is 20.1 Å². The highest BCUT2D eigenvalue weighted by molar-refractivity contribution is 5.83. The zero-order valence-corrected chi connectivity index (χ0v) is 9.80. The second-order valence-corrected chi connectivity index (χ2v) is 3.90. The van der Waals surface area contributed by atoms with Crippen molar-refractivity contribution in [2.45, 2.75) is 13.1 Å². The van der Waals surface area contributed by atoms with Crippen LogP contribution in [0.4, 0.5) is 0 Å². The molecule has 0 saturated carbocycles. The fourth-order valence-electron chi connectivity index (χ4n) is 2.02. The summed E-state index contributed by atoms with van der Waals surface area (Å²) in [7, 11) is 0. The Hall–Kier alpha value is -1.36. The van der Waals surface area contributed by atoms with Crippen molar-refractivity contribution < 1.29 is 9.84 Å². The third-order valence-corrected chi connectivity index (χ3v) is 2.80.